The van der Waals surface area contributed by atoms with Crippen molar-refractivity contribution in [3.05, 3.63) is 151 Å². The van der Waals surface area contributed by atoms with E-state index in [-0.39, 0.29) is 73.5 Å². The van der Waals surface area contributed by atoms with Crippen molar-refractivity contribution in [1.29, 1.82) is 0 Å². The van der Waals surface area contributed by atoms with Crippen LogP contribution in [-0.4, -0.2) is 108 Å². The SMILES string of the molecule is O=C(CSCC1=C(C(=O)O)N2C(=O)C(NC(=O)CSc3ccc(-c4c5ccc(=O)cc-5oc5cc(O)ccc45)c(C(=O)O)c3)C2SC1)Nc1ccc(-c2c3ccc(=O)cc-3oc3c4c5c(cc23)CCCN5CCC4)c(C(=O)O)c1. The summed E-state index contributed by atoms with van der Waals surface area (Å²) in [4.78, 5) is 108. The molecule has 1 saturated heterocycles. The predicted molar refractivity (Wildman–Crippen MR) is 300 cm³/mol. The van der Waals surface area contributed by atoms with Crippen LogP contribution in [0.5, 0.6) is 5.75 Å². The summed E-state index contributed by atoms with van der Waals surface area (Å²) in [5.41, 5.74) is 6.65. The van der Waals surface area contributed by atoms with E-state index in [1.807, 2.05) is 0 Å². The fraction of sp³-hybridized carbons (Fsp3) is 0.207. The number of hydrogen-bond donors (Lipinski definition) is 6. The Hall–Kier alpha value is -8.53. The van der Waals surface area contributed by atoms with Gasteiger partial charge in [-0.15, -0.1) is 35.3 Å². The Balaban J connectivity index is 0.704. The Labute approximate surface area is 460 Å². The number of carboxylic acids is 3. The number of anilines is 2. The number of fused-ring (bicyclic) bond motifs is 6. The second kappa shape index (κ2) is 20.4. The Bertz CT molecular complexity index is 4070. The molecule has 6 heterocycles. The van der Waals surface area contributed by atoms with Crippen LogP contribution in [0.15, 0.2) is 132 Å². The molecule has 3 amide bonds. The highest BCUT2D eigenvalue weighted by atomic mass is 32.2. The second-order valence-electron chi connectivity index (χ2n) is 19.5. The van der Waals surface area contributed by atoms with Gasteiger partial charge in [0.15, 0.2) is 10.9 Å². The van der Waals surface area contributed by atoms with Crippen molar-refractivity contribution in [3.63, 3.8) is 0 Å². The molecule has 4 aromatic carbocycles. The standard InChI is InChI=1S/C58H44N4O14S3/c63-30-6-11-36-43(19-30)75-44-20-31(64)7-12-37(44)48(36)35-14-9-33(22-41(35)57(71)72)78-26-47(67)60-50-54(68)62-52(58(73)74)28(24-79-55(50)62)23-77-25-46(66)59-29-5-10-34(40(18-29)56(69)70)49-38-13-8-32(65)21-45(38)76-53-39-4-2-16-61-15-1-3-27(51(39)61)17-42(49)53/h5-14,17-22,50,55,63H,1-4,15-16,23-26H2,(H,59,66)(H,60,67)(H,69,70)(H,71,72)(H,73,74). The summed E-state index contributed by atoms with van der Waals surface area (Å²) in [6.07, 6.45) is 3.55. The van der Waals surface area contributed by atoms with E-state index in [2.05, 4.69) is 21.6 Å². The van der Waals surface area contributed by atoms with Crippen molar-refractivity contribution in [3.8, 4) is 50.7 Å². The molecule has 0 spiro atoms. The monoisotopic (exact) mass is 1120 g/mol. The molecule has 2 aliphatic carbocycles. The van der Waals surface area contributed by atoms with Gasteiger partial charge in [-0.2, -0.15) is 0 Å². The number of amides is 3. The molecule has 12 rings (SSSR count). The molecule has 79 heavy (non-hydrogen) atoms. The molecular weight excluding hydrogens is 1070 g/mol. The lowest BCUT2D eigenvalue weighted by Gasteiger charge is -2.49. The smallest absolute Gasteiger partial charge is 0.352 e. The van der Waals surface area contributed by atoms with Gasteiger partial charge >= 0.3 is 17.9 Å². The lowest BCUT2D eigenvalue weighted by molar-refractivity contribution is -0.150. The van der Waals surface area contributed by atoms with Gasteiger partial charge in [0.2, 0.25) is 11.8 Å². The number of phenolic OH excluding ortho intramolecular Hbond substituents is 1. The van der Waals surface area contributed by atoms with E-state index in [4.69, 9.17) is 8.83 Å². The van der Waals surface area contributed by atoms with Gasteiger partial charge in [-0.25, -0.2) is 14.4 Å². The highest BCUT2D eigenvalue weighted by molar-refractivity contribution is 8.01. The molecule has 1 fully saturated rings. The number of carbonyl (C=O) groups is 6. The topological polar surface area (TPSA) is 274 Å². The first kappa shape index (κ1) is 51.2. The lowest BCUT2D eigenvalue weighted by atomic mass is 9.85. The molecule has 0 aromatic heterocycles. The number of thioether (sulfide) groups is 3. The minimum atomic E-state index is -1.35. The van der Waals surface area contributed by atoms with Crippen molar-refractivity contribution in [2.45, 2.75) is 42.0 Å². The van der Waals surface area contributed by atoms with Crippen LogP contribution in [-0.2, 0) is 32.0 Å². The molecule has 398 valence electrons. The third kappa shape index (κ3) is 9.29. The molecule has 4 aromatic rings. The highest BCUT2D eigenvalue weighted by Crippen LogP contribution is 2.49. The number of carboxylic acid groups (broad SMARTS) is 3. The molecule has 21 heteroatoms. The summed E-state index contributed by atoms with van der Waals surface area (Å²) in [7, 11) is 0. The van der Waals surface area contributed by atoms with Crippen molar-refractivity contribution in [2.24, 2.45) is 0 Å². The molecule has 8 aliphatic rings. The van der Waals surface area contributed by atoms with Crippen LogP contribution in [0.2, 0.25) is 0 Å². The molecule has 2 unspecified atom stereocenters. The number of rotatable bonds is 14. The van der Waals surface area contributed by atoms with Gasteiger partial charge in [0.25, 0.3) is 5.91 Å². The molecular formula is C58H44N4O14S3. The maximum absolute atomic E-state index is 13.6. The third-order valence-corrected chi connectivity index (χ3v) is 17.9. The maximum atomic E-state index is 13.6. The average molecular weight is 1120 g/mol. The van der Waals surface area contributed by atoms with E-state index in [9.17, 15) is 58.8 Å². The van der Waals surface area contributed by atoms with Crippen molar-refractivity contribution in [2.75, 3.05) is 46.3 Å². The lowest BCUT2D eigenvalue weighted by Crippen LogP contribution is -2.70. The minimum absolute atomic E-state index is 0.0765. The quantitative estimate of drug-likeness (QED) is 0.0338. The fourth-order valence-electron chi connectivity index (χ4n) is 11.3. The van der Waals surface area contributed by atoms with Crippen LogP contribution >= 0.6 is 35.3 Å². The number of β-lactam (4-membered cyclic amide) rings is 1. The summed E-state index contributed by atoms with van der Waals surface area (Å²) < 4.78 is 12.4. The highest BCUT2D eigenvalue weighted by Gasteiger charge is 2.54. The van der Waals surface area contributed by atoms with Gasteiger partial charge in [0.05, 0.1) is 22.6 Å². The van der Waals surface area contributed by atoms with Gasteiger partial charge in [0, 0.05) is 97.7 Å². The third-order valence-electron chi connectivity index (χ3n) is 14.6. The molecule has 0 bridgehead atoms. The number of aromatic carboxylic acids is 2. The zero-order valence-corrected chi connectivity index (χ0v) is 43.9. The number of aliphatic carboxylic acids is 1. The second-order valence-corrected chi connectivity index (χ2v) is 22.6. The zero-order chi connectivity index (χ0) is 55.0. The number of hydrogen-bond acceptors (Lipinski definition) is 15. The van der Waals surface area contributed by atoms with Gasteiger partial charge in [-0.1, -0.05) is 12.1 Å². The number of carbonyl (C=O) groups excluding carboxylic acids is 3. The van der Waals surface area contributed by atoms with Crippen LogP contribution in [0.1, 0.15) is 44.7 Å². The van der Waals surface area contributed by atoms with Gasteiger partial charge in [-0.3, -0.25) is 28.9 Å². The molecule has 18 nitrogen and oxygen atoms in total. The Morgan fingerprint density at radius 2 is 1.35 bits per heavy atom. The largest absolute Gasteiger partial charge is 0.508 e. The van der Waals surface area contributed by atoms with Crippen molar-refractivity contribution in [1.82, 2.24) is 10.2 Å². The summed E-state index contributed by atoms with van der Waals surface area (Å²) in [5, 5.41) is 47.5. The van der Waals surface area contributed by atoms with E-state index < -0.39 is 47.0 Å². The van der Waals surface area contributed by atoms with Crippen molar-refractivity contribution >= 4 is 104 Å². The Morgan fingerprint density at radius 3 is 2.08 bits per heavy atom. The van der Waals surface area contributed by atoms with Crippen molar-refractivity contribution < 1.29 is 58.0 Å². The number of phenols is 1. The molecule has 6 N–H and O–H groups in total. The number of nitrogens with zero attached hydrogens (tertiary/aromatic N) is 2. The molecule has 6 aliphatic heterocycles. The minimum Gasteiger partial charge on any atom is -0.508 e. The van der Waals surface area contributed by atoms with Gasteiger partial charge in [-0.05, 0) is 115 Å². The summed E-state index contributed by atoms with van der Waals surface area (Å²) in [6, 6.07) is 23.4. The van der Waals surface area contributed by atoms with Crippen LogP contribution in [0, 0.1) is 0 Å². The van der Waals surface area contributed by atoms with E-state index >= 15 is 0 Å². The fourth-order valence-corrected chi connectivity index (χ4v) is 14.3. The first-order valence-corrected chi connectivity index (χ1v) is 28.2. The predicted octanol–water partition coefficient (Wildman–Crippen LogP) is 8.45. The van der Waals surface area contributed by atoms with Gasteiger partial charge < -0.3 is 44.8 Å². The number of nitrogens with one attached hydrogen (secondary N) is 2. The summed E-state index contributed by atoms with van der Waals surface area (Å²) in [5.74, 6) is -5.14. The maximum Gasteiger partial charge on any atom is 0.352 e. The number of aryl methyl sites for hydroxylation is 2. The first-order chi connectivity index (χ1) is 38.1. The molecule has 0 radical (unpaired) electrons. The normalized spacial score (nSPS) is 16.7. The average Bonchev–Trinajstić information content (AvgIpc) is 3.58. The van der Waals surface area contributed by atoms with Gasteiger partial charge in [0.1, 0.15) is 45.5 Å². The summed E-state index contributed by atoms with van der Waals surface area (Å²) >= 11 is 3.41. The van der Waals surface area contributed by atoms with E-state index in [0.29, 0.717) is 60.6 Å². The number of aromatic hydroxyl groups is 1. The molecule has 2 atom stereocenters. The van der Waals surface area contributed by atoms with Crippen LogP contribution in [0.4, 0.5) is 11.4 Å². The molecule has 0 saturated carbocycles. The first-order valence-electron chi connectivity index (χ1n) is 25.0. The van der Waals surface area contributed by atoms with Crippen LogP contribution in [0.3, 0.4) is 0 Å². The van der Waals surface area contributed by atoms with Crippen LogP contribution < -0.4 is 26.4 Å². The zero-order valence-electron chi connectivity index (χ0n) is 41.5. The Morgan fingerprint density at radius 1 is 0.684 bits per heavy atom. The van der Waals surface area contributed by atoms with E-state index in [1.165, 1.54) is 60.3 Å². The van der Waals surface area contributed by atoms with E-state index in [0.717, 1.165) is 89.4 Å². The van der Waals surface area contributed by atoms with Crippen LogP contribution in [0.25, 0.3) is 66.8 Å². The Kier molecular flexibility index (Phi) is 13.2. The van der Waals surface area contributed by atoms with E-state index in [1.54, 1.807) is 42.5 Å². The summed E-state index contributed by atoms with van der Waals surface area (Å²) in [6.45, 7) is 1.88. The number of benzene rings is 6.